The lowest BCUT2D eigenvalue weighted by atomic mass is 10.1. The molecular formula is C17H18FN3O2S. The van der Waals surface area contributed by atoms with Crippen LogP contribution in [-0.2, 0) is 4.79 Å². The molecule has 0 aliphatic rings. The van der Waals surface area contributed by atoms with Gasteiger partial charge in [-0.25, -0.2) is 9.37 Å². The monoisotopic (exact) mass is 347 g/mol. The molecule has 0 unspecified atom stereocenters. The minimum Gasteiger partial charge on any atom is -0.480 e. The average molecular weight is 347 g/mol. The number of benzene rings is 2. The van der Waals surface area contributed by atoms with E-state index in [-0.39, 0.29) is 5.82 Å². The van der Waals surface area contributed by atoms with Gasteiger partial charge in [-0.1, -0.05) is 0 Å². The highest BCUT2D eigenvalue weighted by atomic mass is 32.1. The summed E-state index contributed by atoms with van der Waals surface area (Å²) in [5, 5.41) is 8.75. The SMILES string of the molecule is C[C@H](N)C(=O)O.Cc1cc(-c2nc3cc(F)ccc3s2)ccc1N. The van der Waals surface area contributed by atoms with Gasteiger partial charge >= 0.3 is 5.97 Å². The molecule has 24 heavy (non-hydrogen) atoms. The van der Waals surface area contributed by atoms with Crippen molar-refractivity contribution in [3.63, 3.8) is 0 Å². The minimum atomic E-state index is -0.963. The molecule has 0 bridgehead atoms. The van der Waals surface area contributed by atoms with Crippen LogP contribution in [0.1, 0.15) is 12.5 Å². The highest BCUT2D eigenvalue weighted by molar-refractivity contribution is 7.21. The number of carbonyl (C=O) groups is 1. The number of nitrogen functional groups attached to an aromatic ring is 1. The smallest absolute Gasteiger partial charge is 0.320 e. The maximum absolute atomic E-state index is 13.1. The van der Waals surface area contributed by atoms with Gasteiger partial charge in [-0.15, -0.1) is 11.3 Å². The summed E-state index contributed by atoms with van der Waals surface area (Å²) in [7, 11) is 0. The first kappa shape index (κ1) is 17.8. The fourth-order valence-corrected chi connectivity index (χ4v) is 2.78. The number of nitrogens with two attached hydrogens (primary N) is 2. The summed E-state index contributed by atoms with van der Waals surface area (Å²) < 4.78 is 14.1. The zero-order valence-electron chi connectivity index (χ0n) is 13.3. The molecule has 0 fully saturated rings. The molecule has 0 amide bonds. The van der Waals surface area contributed by atoms with Crippen molar-refractivity contribution < 1.29 is 14.3 Å². The average Bonchev–Trinajstić information content (AvgIpc) is 2.93. The predicted octanol–water partition coefficient (Wildman–Crippen LogP) is 3.41. The Labute approximate surface area is 142 Å². The molecule has 1 aromatic heterocycles. The van der Waals surface area contributed by atoms with Crippen molar-refractivity contribution in [2.45, 2.75) is 19.9 Å². The van der Waals surface area contributed by atoms with Gasteiger partial charge in [0.15, 0.2) is 0 Å². The maximum atomic E-state index is 13.1. The Morgan fingerprint density at radius 1 is 1.29 bits per heavy atom. The third kappa shape index (κ3) is 4.27. The minimum absolute atomic E-state index is 0.257. The number of fused-ring (bicyclic) bond motifs is 1. The Hall–Kier alpha value is -2.51. The van der Waals surface area contributed by atoms with Crippen LogP contribution in [0, 0.1) is 12.7 Å². The molecule has 7 heteroatoms. The van der Waals surface area contributed by atoms with E-state index in [1.807, 2.05) is 25.1 Å². The Bertz CT molecular complexity index is 877. The largest absolute Gasteiger partial charge is 0.480 e. The number of thiazole rings is 1. The number of aromatic nitrogens is 1. The van der Waals surface area contributed by atoms with E-state index in [1.165, 1.54) is 19.1 Å². The molecule has 0 aliphatic carbocycles. The summed E-state index contributed by atoms with van der Waals surface area (Å²) in [4.78, 5) is 14.0. The maximum Gasteiger partial charge on any atom is 0.320 e. The van der Waals surface area contributed by atoms with Gasteiger partial charge in [0, 0.05) is 17.3 Å². The van der Waals surface area contributed by atoms with E-state index in [4.69, 9.17) is 16.6 Å². The molecule has 5 nitrogen and oxygen atoms in total. The number of nitrogens with zero attached hydrogens (tertiary/aromatic N) is 1. The summed E-state index contributed by atoms with van der Waals surface area (Å²) in [5.41, 5.74) is 14.1. The van der Waals surface area contributed by atoms with E-state index < -0.39 is 12.0 Å². The van der Waals surface area contributed by atoms with Gasteiger partial charge in [0.25, 0.3) is 0 Å². The van der Waals surface area contributed by atoms with E-state index >= 15 is 0 Å². The molecule has 0 radical (unpaired) electrons. The lowest BCUT2D eigenvalue weighted by Gasteiger charge is -2.01. The fraction of sp³-hybridized carbons (Fsp3) is 0.176. The molecular weight excluding hydrogens is 329 g/mol. The molecule has 0 saturated carbocycles. The molecule has 1 heterocycles. The van der Waals surface area contributed by atoms with Crippen molar-refractivity contribution in [1.82, 2.24) is 4.98 Å². The Morgan fingerprint density at radius 3 is 2.54 bits per heavy atom. The van der Waals surface area contributed by atoms with Gasteiger partial charge in [-0.2, -0.15) is 0 Å². The predicted molar refractivity (Wildman–Crippen MR) is 95.4 cm³/mol. The number of carboxylic acids is 1. The van der Waals surface area contributed by atoms with E-state index in [0.29, 0.717) is 5.52 Å². The number of hydrogen-bond donors (Lipinski definition) is 3. The Morgan fingerprint density at radius 2 is 1.96 bits per heavy atom. The van der Waals surface area contributed by atoms with Gasteiger partial charge < -0.3 is 16.6 Å². The van der Waals surface area contributed by atoms with Crippen LogP contribution in [0.15, 0.2) is 36.4 Å². The van der Waals surface area contributed by atoms with Crippen LogP contribution < -0.4 is 11.5 Å². The van der Waals surface area contributed by atoms with Crippen LogP contribution in [0.5, 0.6) is 0 Å². The van der Waals surface area contributed by atoms with Crippen molar-refractivity contribution in [3.05, 3.63) is 47.8 Å². The molecule has 5 N–H and O–H groups in total. The zero-order chi connectivity index (χ0) is 17.9. The number of aryl methyl sites for hydroxylation is 1. The standard InChI is InChI=1S/C14H11FN2S.C3H7NO2/c1-8-6-9(2-4-11(8)16)14-17-12-7-10(15)3-5-13(12)18-14;1-2(4)3(5)6/h2-7H,16H2,1H3;2H,4H2,1H3,(H,5,6)/t;2-/m.0/s1. The van der Waals surface area contributed by atoms with Gasteiger partial charge in [0.05, 0.1) is 10.2 Å². The van der Waals surface area contributed by atoms with E-state index in [2.05, 4.69) is 4.98 Å². The molecule has 0 spiro atoms. The topological polar surface area (TPSA) is 102 Å². The number of carboxylic acid groups (broad SMARTS) is 1. The number of hydrogen-bond acceptors (Lipinski definition) is 5. The number of halogens is 1. The molecule has 3 aromatic rings. The van der Waals surface area contributed by atoms with Crippen molar-refractivity contribution in [3.8, 4) is 10.6 Å². The summed E-state index contributed by atoms with van der Waals surface area (Å²) in [6.45, 7) is 3.38. The molecule has 3 rings (SSSR count). The third-order valence-electron chi connectivity index (χ3n) is 3.26. The van der Waals surface area contributed by atoms with Crippen LogP contribution in [0.2, 0.25) is 0 Å². The molecule has 2 aromatic carbocycles. The lowest BCUT2D eigenvalue weighted by molar-refractivity contribution is -0.138. The third-order valence-corrected chi connectivity index (χ3v) is 4.34. The lowest BCUT2D eigenvalue weighted by Crippen LogP contribution is -2.25. The summed E-state index contributed by atoms with van der Waals surface area (Å²) in [6.07, 6.45) is 0. The van der Waals surface area contributed by atoms with Crippen LogP contribution in [-0.4, -0.2) is 22.1 Å². The van der Waals surface area contributed by atoms with E-state index in [0.717, 1.165) is 26.5 Å². The number of aliphatic carboxylic acids is 1. The zero-order valence-corrected chi connectivity index (χ0v) is 14.1. The number of anilines is 1. The Balaban J connectivity index is 0.000000301. The van der Waals surface area contributed by atoms with Gasteiger partial charge in [0.1, 0.15) is 16.9 Å². The summed E-state index contributed by atoms with van der Waals surface area (Å²) in [5.74, 6) is -1.22. The van der Waals surface area contributed by atoms with Gasteiger partial charge in [-0.05, 0) is 49.7 Å². The Kier molecular flexibility index (Phi) is 5.48. The number of rotatable bonds is 2. The summed E-state index contributed by atoms with van der Waals surface area (Å²) >= 11 is 1.56. The van der Waals surface area contributed by atoms with Crippen molar-refractivity contribution in [1.29, 1.82) is 0 Å². The van der Waals surface area contributed by atoms with Crippen LogP contribution >= 0.6 is 11.3 Å². The van der Waals surface area contributed by atoms with Crippen LogP contribution in [0.4, 0.5) is 10.1 Å². The van der Waals surface area contributed by atoms with Gasteiger partial charge in [-0.3, -0.25) is 4.79 Å². The van der Waals surface area contributed by atoms with Crippen molar-refractivity contribution >= 4 is 33.2 Å². The normalized spacial score (nSPS) is 11.7. The van der Waals surface area contributed by atoms with Crippen LogP contribution in [0.3, 0.4) is 0 Å². The highest BCUT2D eigenvalue weighted by Gasteiger charge is 2.08. The van der Waals surface area contributed by atoms with Crippen molar-refractivity contribution in [2.75, 3.05) is 5.73 Å². The highest BCUT2D eigenvalue weighted by Crippen LogP contribution is 2.31. The second-order valence-corrected chi connectivity index (χ2v) is 6.36. The quantitative estimate of drug-likeness (QED) is 0.617. The fourth-order valence-electron chi connectivity index (χ4n) is 1.83. The summed E-state index contributed by atoms with van der Waals surface area (Å²) in [6, 6.07) is 9.76. The first-order chi connectivity index (χ1) is 11.3. The van der Waals surface area contributed by atoms with Gasteiger partial charge in [0.2, 0.25) is 0 Å². The molecule has 1 atom stereocenters. The first-order valence-electron chi connectivity index (χ1n) is 7.19. The van der Waals surface area contributed by atoms with E-state index in [9.17, 15) is 9.18 Å². The molecule has 126 valence electrons. The first-order valence-corrected chi connectivity index (χ1v) is 8.00. The van der Waals surface area contributed by atoms with Crippen molar-refractivity contribution in [2.24, 2.45) is 5.73 Å². The second-order valence-electron chi connectivity index (χ2n) is 5.33. The molecule has 0 aliphatic heterocycles. The van der Waals surface area contributed by atoms with Crippen LogP contribution in [0.25, 0.3) is 20.8 Å². The second kappa shape index (κ2) is 7.37. The van der Waals surface area contributed by atoms with E-state index in [1.54, 1.807) is 17.4 Å². The molecule has 0 saturated heterocycles.